The predicted octanol–water partition coefficient (Wildman–Crippen LogP) is 4.64. The van der Waals surface area contributed by atoms with Gasteiger partial charge in [0.25, 0.3) is 0 Å². The van der Waals surface area contributed by atoms with Gasteiger partial charge in [-0.3, -0.25) is 0 Å². The Morgan fingerprint density at radius 1 is 1.29 bits per heavy atom. The zero-order chi connectivity index (χ0) is 16.5. The molecule has 2 aromatic heterocycles. The number of aryl methyl sites for hydroxylation is 1. The van der Waals surface area contributed by atoms with Crippen molar-refractivity contribution in [3.63, 3.8) is 0 Å². The van der Waals surface area contributed by atoms with E-state index in [2.05, 4.69) is 16.9 Å². The molecule has 0 bridgehead atoms. The van der Waals surface area contributed by atoms with Gasteiger partial charge in [-0.1, -0.05) is 37.3 Å². The van der Waals surface area contributed by atoms with Gasteiger partial charge in [0.1, 0.15) is 16.2 Å². The number of aliphatic hydroxyl groups is 1. The first-order valence-electron chi connectivity index (χ1n) is 8.33. The number of thiophene rings is 1. The maximum atomic E-state index is 10.4. The molecule has 4 rings (SSSR count). The van der Waals surface area contributed by atoms with Crippen LogP contribution in [0.2, 0.25) is 0 Å². The van der Waals surface area contributed by atoms with Crippen LogP contribution >= 0.6 is 23.1 Å². The molecule has 1 aromatic carbocycles. The molecule has 1 aliphatic rings. The Labute approximate surface area is 150 Å². The van der Waals surface area contributed by atoms with Crippen molar-refractivity contribution < 1.29 is 5.11 Å². The van der Waals surface area contributed by atoms with Crippen LogP contribution in [0.15, 0.2) is 41.7 Å². The molecule has 1 N–H and O–H groups in total. The summed E-state index contributed by atoms with van der Waals surface area (Å²) in [4.78, 5) is 11.6. The highest BCUT2D eigenvalue weighted by Crippen LogP contribution is 2.41. The standard InChI is InChI=1S/C19H20N2OS2/c1-12-7-8-14-16(9-12)24-19-17(14)18(20-11-21-19)23-10-15(22)13-5-3-2-4-6-13/h2-6,11-12,15,22H,7-10H2,1H3/t12-,15+/m1/s1. The lowest BCUT2D eigenvalue weighted by molar-refractivity contribution is 0.204. The predicted molar refractivity (Wildman–Crippen MR) is 101 cm³/mol. The summed E-state index contributed by atoms with van der Waals surface area (Å²) in [5, 5.41) is 12.7. The lowest BCUT2D eigenvalue weighted by atomic mass is 9.89. The molecule has 0 spiro atoms. The molecule has 0 aliphatic heterocycles. The highest BCUT2D eigenvalue weighted by Gasteiger charge is 2.23. The van der Waals surface area contributed by atoms with Gasteiger partial charge in [-0.2, -0.15) is 0 Å². The van der Waals surface area contributed by atoms with Gasteiger partial charge in [0, 0.05) is 16.0 Å². The Kier molecular flexibility index (Phi) is 4.57. The summed E-state index contributed by atoms with van der Waals surface area (Å²) in [5.74, 6) is 1.37. The number of nitrogens with zero attached hydrogens (tertiary/aromatic N) is 2. The third kappa shape index (κ3) is 3.08. The number of aromatic nitrogens is 2. The van der Waals surface area contributed by atoms with Gasteiger partial charge in [0.05, 0.1) is 6.10 Å². The molecule has 0 radical (unpaired) electrons. The summed E-state index contributed by atoms with van der Waals surface area (Å²) >= 11 is 3.46. The first-order valence-corrected chi connectivity index (χ1v) is 10.1. The zero-order valence-corrected chi connectivity index (χ0v) is 15.2. The normalized spacial score (nSPS) is 18.5. The Hall–Kier alpha value is -1.43. The van der Waals surface area contributed by atoms with Crippen LogP contribution in [0.1, 0.15) is 35.5 Å². The molecule has 0 saturated heterocycles. The SMILES string of the molecule is C[C@@H]1CCc2c(sc3ncnc(SC[C@H](O)c4ccccc4)c23)C1. The Morgan fingerprint density at radius 3 is 2.96 bits per heavy atom. The first kappa shape index (κ1) is 16.1. The minimum atomic E-state index is -0.476. The van der Waals surface area contributed by atoms with E-state index in [0.717, 1.165) is 34.2 Å². The van der Waals surface area contributed by atoms with Crippen LogP contribution in [0, 0.1) is 5.92 Å². The first-order chi connectivity index (χ1) is 11.7. The topological polar surface area (TPSA) is 46.0 Å². The van der Waals surface area contributed by atoms with Crippen molar-refractivity contribution in [3.05, 3.63) is 52.7 Å². The van der Waals surface area contributed by atoms with Crippen molar-refractivity contribution in [3.8, 4) is 0 Å². The molecular formula is C19H20N2OS2. The van der Waals surface area contributed by atoms with Crippen LogP contribution in [-0.2, 0) is 12.8 Å². The average molecular weight is 357 g/mol. The smallest absolute Gasteiger partial charge is 0.128 e. The second-order valence-corrected chi connectivity index (χ2v) is 8.54. The molecule has 0 unspecified atom stereocenters. The van der Waals surface area contributed by atoms with E-state index in [-0.39, 0.29) is 0 Å². The van der Waals surface area contributed by atoms with Crippen LogP contribution in [0.3, 0.4) is 0 Å². The van der Waals surface area contributed by atoms with Crippen LogP contribution in [-0.4, -0.2) is 20.8 Å². The number of thioether (sulfide) groups is 1. The number of hydrogen-bond donors (Lipinski definition) is 1. The summed E-state index contributed by atoms with van der Waals surface area (Å²) in [7, 11) is 0. The van der Waals surface area contributed by atoms with Crippen molar-refractivity contribution in [1.29, 1.82) is 0 Å². The van der Waals surface area contributed by atoms with Gasteiger partial charge in [0.2, 0.25) is 0 Å². The molecule has 3 aromatic rings. The number of aliphatic hydroxyl groups excluding tert-OH is 1. The molecule has 0 fully saturated rings. The van der Waals surface area contributed by atoms with Crippen molar-refractivity contribution in [2.75, 3.05) is 5.75 Å². The van der Waals surface area contributed by atoms with E-state index in [1.54, 1.807) is 18.1 Å². The molecule has 124 valence electrons. The molecule has 3 nitrogen and oxygen atoms in total. The van der Waals surface area contributed by atoms with E-state index in [1.165, 1.54) is 22.2 Å². The molecule has 2 heterocycles. The number of benzene rings is 1. The number of fused-ring (bicyclic) bond motifs is 3. The molecule has 24 heavy (non-hydrogen) atoms. The van der Waals surface area contributed by atoms with Gasteiger partial charge in [-0.05, 0) is 36.3 Å². The summed E-state index contributed by atoms with van der Waals surface area (Å²) < 4.78 is 0. The van der Waals surface area contributed by atoms with Crippen molar-refractivity contribution in [2.45, 2.75) is 37.3 Å². The van der Waals surface area contributed by atoms with E-state index in [4.69, 9.17) is 0 Å². The molecule has 2 atom stereocenters. The monoisotopic (exact) mass is 356 g/mol. The van der Waals surface area contributed by atoms with E-state index in [1.807, 2.05) is 41.7 Å². The van der Waals surface area contributed by atoms with Gasteiger partial charge >= 0.3 is 0 Å². The largest absolute Gasteiger partial charge is 0.388 e. The summed E-state index contributed by atoms with van der Waals surface area (Å²) in [6, 6.07) is 9.82. The minimum absolute atomic E-state index is 0.476. The van der Waals surface area contributed by atoms with Crippen LogP contribution in [0.5, 0.6) is 0 Å². The van der Waals surface area contributed by atoms with Crippen molar-refractivity contribution >= 4 is 33.3 Å². The van der Waals surface area contributed by atoms with Crippen molar-refractivity contribution in [1.82, 2.24) is 9.97 Å². The summed E-state index contributed by atoms with van der Waals surface area (Å²) in [6.45, 7) is 2.32. The van der Waals surface area contributed by atoms with E-state index in [9.17, 15) is 5.11 Å². The highest BCUT2D eigenvalue weighted by atomic mass is 32.2. The average Bonchev–Trinajstić information content (AvgIpc) is 2.98. The van der Waals surface area contributed by atoms with Crippen LogP contribution < -0.4 is 0 Å². The van der Waals surface area contributed by atoms with Gasteiger partial charge in [-0.25, -0.2) is 9.97 Å². The number of rotatable bonds is 4. The van der Waals surface area contributed by atoms with Gasteiger partial charge < -0.3 is 5.11 Å². The number of hydrogen-bond acceptors (Lipinski definition) is 5. The Morgan fingerprint density at radius 2 is 2.12 bits per heavy atom. The van der Waals surface area contributed by atoms with Crippen molar-refractivity contribution in [2.24, 2.45) is 5.92 Å². The minimum Gasteiger partial charge on any atom is -0.388 e. The lowest BCUT2D eigenvalue weighted by Gasteiger charge is -2.18. The fourth-order valence-corrected chi connectivity index (χ4v) is 5.69. The third-order valence-corrected chi connectivity index (χ3v) is 6.85. The fraction of sp³-hybridized carbons (Fsp3) is 0.368. The van der Waals surface area contributed by atoms with E-state index < -0.39 is 6.10 Å². The maximum absolute atomic E-state index is 10.4. The molecule has 0 amide bonds. The second-order valence-electron chi connectivity index (χ2n) is 6.45. The second kappa shape index (κ2) is 6.82. The van der Waals surface area contributed by atoms with Crippen LogP contribution in [0.25, 0.3) is 10.2 Å². The third-order valence-electron chi connectivity index (χ3n) is 4.62. The molecule has 1 aliphatic carbocycles. The maximum Gasteiger partial charge on any atom is 0.128 e. The summed E-state index contributed by atoms with van der Waals surface area (Å²) in [6.07, 6.45) is 4.71. The lowest BCUT2D eigenvalue weighted by Crippen LogP contribution is -2.08. The van der Waals surface area contributed by atoms with E-state index in [0.29, 0.717) is 5.75 Å². The van der Waals surface area contributed by atoms with Gasteiger partial charge in [-0.15, -0.1) is 23.1 Å². The fourth-order valence-electron chi connectivity index (χ4n) is 3.28. The zero-order valence-electron chi connectivity index (χ0n) is 13.6. The molecule has 5 heteroatoms. The Bertz CT molecular complexity index is 847. The highest BCUT2D eigenvalue weighted by molar-refractivity contribution is 7.99. The van der Waals surface area contributed by atoms with Crippen LogP contribution in [0.4, 0.5) is 0 Å². The summed E-state index contributed by atoms with van der Waals surface area (Å²) in [5.41, 5.74) is 2.40. The van der Waals surface area contributed by atoms with E-state index >= 15 is 0 Å². The molecule has 0 saturated carbocycles. The Balaban J connectivity index is 1.60. The molecular weight excluding hydrogens is 336 g/mol. The van der Waals surface area contributed by atoms with Gasteiger partial charge in [0.15, 0.2) is 0 Å². The quantitative estimate of drug-likeness (QED) is 0.546.